The fraction of sp³-hybridized carbons (Fsp3) is 0.240. The second-order valence-electron chi connectivity index (χ2n) is 8.00. The van der Waals surface area contributed by atoms with E-state index in [0.717, 1.165) is 18.8 Å². The molecule has 0 unspecified atom stereocenters. The molecule has 6 nitrogen and oxygen atoms in total. The molecule has 2 N–H and O–H groups in total. The third-order valence-electron chi connectivity index (χ3n) is 5.61. The van der Waals surface area contributed by atoms with Gasteiger partial charge in [0.05, 0.1) is 4.90 Å². The van der Waals surface area contributed by atoms with Gasteiger partial charge in [0.25, 0.3) is 15.9 Å². The average molecular weight is 450 g/mol. The zero-order valence-electron chi connectivity index (χ0n) is 18.0. The van der Waals surface area contributed by atoms with Gasteiger partial charge in [0, 0.05) is 35.7 Å². The Morgan fingerprint density at radius 1 is 0.844 bits per heavy atom. The first-order valence-corrected chi connectivity index (χ1v) is 12.3. The standard InChI is InChI=1S/C25H27N3O3S/c1-19-10-11-20(18-24(19)32(30,31)27-22-8-4-2-5-9-22)25(29)26-21-12-14-23(15-13-21)28-16-6-3-7-17-28/h2,4-5,8-15,18,27H,3,6-7,16-17H2,1H3,(H,26,29). The molecule has 0 radical (unpaired) electrons. The molecule has 0 bridgehead atoms. The largest absolute Gasteiger partial charge is 0.372 e. The summed E-state index contributed by atoms with van der Waals surface area (Å²) in [6, 6.07) is 21.2. The zero-order chi connectivity index (χ0) is 22.6. The van der Waals surface area contributed by atoms with Crippen LogP contribution in [0, 0.1) is 6.92 Å². The van der Waals surface area contributed by atoms with E-state index >= 15 is 0 Å². The fourth-order valence-electron chi connectivity index (χ4n) is 3.86. The lowest BCUT2D eigenvalue weighted by molar-refractivity contribution is 0.102. The number of sulfonamides is 1. The number of para-hydroxylation sites is 1. The summed E-state index contributed by atoms with van der Waals surface area (Å²) < 4.78 is 28.4. The Labute approximate surface area is 189 Å². The van der Waals surface area contributed by atoms with Gasteiger partial charge in [-0.1, -0.05) is 24.3 Å². The van der Waals surface area contributed by atoms with Crippen molar-refractivity contribution in [3.8, 4) is 0 Å². The fourth-order valence-corrected chi connectivity index (χ4v) is 5.19. The summed E-state index contributed by atoms with van der Waals surface area (Å²) in [5.74, 6) is -0.355. The first-order valence-electron chi connectivity index (χ1n) is 10.8. The van der Waals surface area contributed by atoms with Gasteiger partial charge >= 0.3 is 0 Å². The molecule has 1 heterocycles. The summed E-state index contributed by atoms with van der Waals surface area (Å²) >= 11 is 0. The highest BCUT2D eigenvalue weighted by Gasteiger charge is 2.19. The zero-order valence-corrected chi connectivity index (χ0v) is 18.9. The molecular weight excluding hydrogens is 422 g/mol. The molecule has 1 aliphatic rings. The van der Waals surface area contributed by atoms with Crippen LogP contribution in [-0.2, 0) is 10.0 Å². The number of nitrogens with one attached hydrogen (secondary N) is 2. The van der Waals surface area contributed by atoms with Crippen molar-refractivity contribution in [3.05, 3.63) is 83.9 Å². The average Bonchev–Trinajstić information content (AvgIpc) is 2.80. The maximum absolute atomic E-state index is 12.9. The van der Waals surface area contributed by atoms with Crippen LogP contribution in [-0.4, -0.2) is 27.4 Å². The number of benzene rings is 3. The van der Waals surface area contributed by atoms with Crippen molar-refractivity contribution in [2.45, 2.75) is 31.1 Å². The molecule has 3 aromatic carbocycles. The Balaban J connectivity index is 1.49. The van der Waals surface area contributed by atoms with E-state index in [4.69, 9.17) is 0 Å². The molecule has 1 aliphatic heterocycles. The van der Waals surface area contributed by atoms with E-state index in [1.54, 1.807) is 43.3 Å². The number of hydrogen-bond donors (Lipinski definition) is 2. The van der Waals surface area contributed by atoms with Crippen LogP contribution >= 0.6 is 0 Å². The lowest BCUT2D eigenvalue weighted by Crippen LogP contribution is -2.29. The molecule has 32 heavy (non-hydrogen) atoms. The lowest BCUT2D eigenvalue weighted by Gasteiger charge is -2.28. The summed E-state index contributed by atoms with van der Waals surface area (Å²) in [5, 5.41) is 2.86. The summed E-state index contributed by atoms with van der Waals surface area (Å²) in [6.45, 7) is 3.83. The van der Waals surface area contributed by atoms with Crippen molar-refractivity contribution < 1.29 is 13.2 Å². The minimum absolute atomic E-state index is 0.0782. The molecule has 0 saturated carbocycles. The summed E-state index contributed by atoms with van der Waals surface area (Å²) in [7, 11) is -3.83. The second kappa shape index (κ2) is 9.44. The Kier molecular flexibility index (Phi) is 6.46. The molecule has 0 spiro atoms. The van der Waals surface area contributed by atoms with Gasteiger partial charge in [-0.3, -0.25) is 9.52 Å². The van der Waals surface area contributed by atoms with Gasteiger partial charge in [-0.25, -0.2) is 8.42 Å². The van der Waals surface area contributed by atoms with Crippen LogP contribution in [0.2, 0.25) is 0 Å². The molecule has 4 rings (SSSR count). The van der Waals surface area contributed by atoms with Gasteiger partial charge < -0.3 is 10.2 Å². The summed E-state index contributed by atoms with van der Waals surface area (Å²) in [4.78, 5) is 15.2. The van der Waals surface area contributed by atoms with Crippen LogP contribution in [0.3, 0.4) is 0 Å². The second-order valence-corrected chi connectivity index (χ2v) is 9.65. The molecule has 0 aromatic heterocycles. The van der Waals surface area contributed by atoms with Crippen molar-refractivity contribution in [1.29, 1.82) is 0 Å². The Morgan fingerprint density at radius 2 is 1.53 bits per heavy atom. The van der Waals surface area contributed by atoms with Crippen molar-refractivity contribution >= 4 is 33.0 Å². The number of hydrogen-bond acceptors (Lipinski definition) is 4. The Hall–Kier alpha value is -3.32. The smallest absolute Gasteiger partial charge is 0.262 e. The monoisotopic (exact) mass is 449 g/mol. The van der Waals surface area contributed by atoms with E-state index in [1.807, 2.05) is 30.3 Å². The van der Waals surface area contributed by atoms with Gasteiger partial charge in [0.15, 0.2) is 0 Å². The van der Waals surface area contributed by atoms with Crippen molar-refractivity contribution in [2.75, 3.05) is 28.0 Å². The van der Waals surface area contributed by atoms with Crippen LogP contribution < -0.4 is 14.9 Å². The molecule has 3 aromatic rings. The number of amides is 1. The highest BCUT2D eigenvalue weighted by Crippen LogP contribution is 2.24. The van der Waals surface area contributed by atoms with E-state index in [2.05, 4.69) is 14.9 Å². The topological polar surface area (TPSA) is 78.5 Å². The van der Waals surface area contributed by atoms with Crippen molar-refractivity contribution in [3.63, 3.8) is 0 Å². The summed E-state index contributed by atoms with van der Waals surface area (Å²) in [6.07, 6.45) is 3.69. The molecular formula is C25H27N3O3S. The first-order chi connectivity index (χ1) is 15.4. The summed E-state index contributed by atoms with van der Waals surface area (Å²) in [5.41, 5.74) is 3.14. The van der Waals surface area contributed by atoms with E-state index in [9.17, 15) is 13.2 Å². The van der Waals surface area contributed by atoms with E-state index < -0.39 is 10.0 Å². The van der Waals surface area contributed by atoms with Crippen molar-refractivity contribution in [2.24, 2.45) is 0 Å². The number of rotatable bonds is 6. The molecule has 7 heteroatoms. The number of carbonyl (C=O) groups excluding carboxylic acids is 1. The Bertz CT molecular complexity index is 1190. The van der Waals surface area contributed by atoms with E-state index in [1.165, 1.54) is 25.3 Å². The SMILES string of the molecule is Cc1ccc(C(=O)Nc2ccc(N3CCCCC3)cc2)cc1S(=O)(=O)Nc1ccccc1. The van der Waals surface area contributed by atoms with E-state index in [-0.39, 0.29) is 16.4 Å². The lowest BCUT2D eigenvalue weighted by atomic mass is 10.1. The van der Waals surface area contributed by atoms with Crippen LogP contribution in [0.5, 0.6) is 0 Å². The highest BCUT2D eigenvalue weighted by molar-refractivity contribution is 7.92. The molecule has 1 amide bonds. The maximum atomic E-state index is 12.9. The molecule has 166 valence electrons. The first kappa shape index (κ1) is 21.9. The minimum atomic E-state index is -3.83. The molecule has 0 aliphatic carbocycles. The van der Waals surface area contributed by atoms with Crippen LogP contribution in [0.1, 0.15) is 35.2 Å². The molecule has 1 fully saturated rings. The predicted octanol–water partition coefficient (Wildman–Crippen LogP) is 5.04. The quantitative estimate of drug-likeness (QED) is 0.553. The molecule has 0 atom stereocenters. The number of aryl methyl sites for hydroxylation is 1. The third kappa shape index (κ3) is 5.11. The van der Waals surface area contributed by atoms with Gasteiger partial charge in [-0.2, -0.15) is 0 Å². The maximum Gasteiger partial charge on any atom is 0.262 e. The van der Waals surface area contributed by atoms with Gasteiger partial charge in [-0.15, -0.1) is 0 Å². The predicted molar refractivity (Wildman–Crippen MR) is 129 cm³/mol. The number of carbonyl (C=O) groups is 1. The Morgan fingerprint density at radius 3 is 2.22 bits per heavy atom. The van der Waals surface area contributed by atoms with Crippen LogP contribution in [0.4, 0.5) is 17.1 Å². The molecule has 1 saturated heterocycles. The van der Waals surface area contributed by atoms with Crippen LogP contribution in [0.15, 0.2) is 77.7 Å². The number of nitrogens with zero attached hydrogens (tertiary/aromatic N) is 1. The third-order valence-corrected chi connectivity index (χ3v) is 7.14. The van der Waals surface area contributed by atoms with Gasteiger partial charge in [-0.05, 0) is 80.3 Å². The normalized spacial score (nSPS) is 14.1. The number of anilines is 3. The van der Waals surface area contributed by atoms with Gasteiger partial charge in [0.2, 0.25) is 0 Å². The highest BCUT2D eigenvalue weighted by atomic mass is 32.2. The number of piperidine rings is 1. The van der Waals surface area contributed by atoms with Crippen molar-refractivity contribution in [1.82, 2.24) is 0 Å². The minimum Gasteiger partial charge on any atom is -0.372 e. The van der Waals surface area contributed by atoms with Gasteiger partial charge in [0.1, 0.15) is 0 Å². The van der Waals surface area contributed by atoms with E-state index in [0.29, 0.717) is 16.9 Å². The van der Waals surface area contributed by atoms with Crippen LogP contribution in [0.25, 0.3) is 0 Å².